The number of amides is 1. The zero-order valence-corrected chi connectivity index (χ0v) is 18.2. The molecule has 1 N–H and O–H groups in total. The molecule has 0 radical (unpaired) electrons. The fourth-order valence-corrected chi connectivity index (χ4v) is 4.95. The zero-order valence-electron chi connectivity index (χ0n) is 17.3. The molecule has 0 saturated heterocycles. The van der Waals surface area contributed by atoms with E-state index in [4.69, 9.17) is 0 Å². The number of carbonyl (C=O) groups is 3. The predicted octanol–water partition coefficient (Wildman–Crippen LogP) is 5.14. The molecule has 1 aromatic heterocycles. The van der Waals surface area contributed by atoms with Gasteiger partial charge in [-0.25, -0.2) is 4.39 Å². The summed E-state index contributed by atoms with van der Waals surface area (Å²) in [6.07, 6.45) is 4.73. The molecule has 0 bridgehead atoms. The number of ketones is 2. The quantitative estimate of drug-likeness (QED) is 0.532. The van der Waals surface area contributed by atoms with Crippen molar-refractivity contribution in [3.05, 3.63) is 57.5 Å². The summed E-state index contributed by atoms with van der Waals surface area (Å²) in [7, 11) is 0. The van der Waals surface area contributed by atoms with Crippen molar-refractivity contribution in [3.63, 3.8) is 0 Å². The van der Waals surface area contributed by atoms with Crippen LogP contribution in [-0.2, 0) is 15.0 Å². The first-order chi connectivity index (χ1) is 14.4. The van der Waals surface area contributed by atoms with E-state index in [2.05, 4.69) is 5.32 Å². The molecule has 1 aliphatic carbocycles. The van der Waals surface area contributed by atoms with E-state index in [-0.39, 0.29) is 54.4 Å². The maximum Gasteiger partial charge on any atom is 0.220 e. The molecule has 4 nitrogen and oxygen atoms in total. The predicted molar refractivity (Wildman–Crippen MR) is 116 cm³/mol. The second-order valence-corrected chi connectivity index (χ2v) is 9.43. The van der Waals surface area contributed by atoms with Gasteiger partial charge in [0, 0.05) is 42.5 Å². The van der Waals surface area contributed by atoms with Gasteiger partial charge in [0.05, 0.1) is 4.88 Å². The van der Waals surface area contributed by atoms with Gasteiger partial charge >= 0.3 is 0 Å². The monoisotopic (exact) mass is 429 g/mol. The third kappa shape index (κ3) is 5.85. The van der Waals surface area contributed by atoms with E-state index >= 15 is 0 Å². The number of aryl methyl sites for hydroxylation is 1. The lowest BCUT2D eigenvalue weighted by Gasteiger charge is -2.30. The molecule has 0 unspecified atom stereocenters. The van der Waals surface area contributed by atoms with Gasteiger partial charge in [-0.1, -0.05) is 25.0 Å². The van der Waals surface area contributed by atoms with Gasteiger partial charge in [-0.05, 0) is 49.6 Å². The molecule has 1 saturated carbocycles. The molecule has 3 rings (SSSR count). The Morgan fingerprint density at radius 3 is 2.27 bits per heavy atom. The first-order valence-corrected chi connectivity index (χ1v) is 11.3. The fourth-order valence-electron chi connectivity index (χ4n) is 4.12. The fraction of sp³-hybridized carbons (Fsp3) is 0.458. The van der Waals surface area contributed by atoms with Crippen molar-refractivity contribution in [1.82, 2.24) is 5.32 Å². The highest BCUT2D eigenvalue weighted by molar-refractivity contribution is 7.14. The lowest BCUT2D eigenvalue weighted by atomic mass is 9.78. The number of hydrogen-bond donors (Lipinski definition) is 1. The number of rotatable bonds is 10. The summed E-state index contributed by atoms with van der Waals surface area (Å²) in [5, 5.41) is 2.98. The van der Waals surface area contributed by atoms with E-state index < -0.39 is 0 Å². The molecule has 1 aliphatic rings. The summed E-state index contributed by atoms with van der Waals surface area (Å²) in [5.41, 5.74) is 0.902. The Balaban J connectivity index is 1.43. The van der Waals surface area contributed by atoms with Crippen LogP contribution in [0.2, 0.25) is 0 Å². The van der Waals surface area contributed by atoms with Crippen LogP contribution in [-0.4, -0.2) is 24.0 Å². The Hall–Kier alpha value is -2.34. The van der Waals surface area contributed by atoms with Gasteiger partial charge in [-0.15, -0.1) is 11.3 Å². The maximum atomic E-state index is 13.3. The number of thiophene rings is 1. The molecule has 1 fully saturated rings. The van der Waals surface area contributed by atoms with Gasteiger partial charge < -0.3 is 5.32 Å². The van der Waals surface area contributed by atoms with Crippen molar-refractivity contribution < 1.29 is 18.8 Å². The Morgan fingerprint density at radius 1 is 0.967 bits per heavy atom. The lowest BCUT2D eigenvalue weighted by molar-refractivity contribution is -0.125. The van der Waals surface area contributed by atoms with Crippen LogP contribution in [0, 0.1) is 12.7 Å². The molecule has 0 aliphatic heterocycles. The minimum atomic E-state index is -0.262. The number of benzene rings is 1. The van der Waals surface area contributed by atoms with Crippen LogP contribution >= 0.6 is 11.3 Å². The first kappa shape index (κ1) is 22.3. The van der Waals surface area contributed by atoms with Crippen LogP contribution < -0.4 is 5.32 Å². The summed E-state index contributed by atoms with van der Waals surface area (Å²) < 4.78 is 13.3. The largest absolute Gasteiger partial charge is 0.355 e. The average molecular weight is 430 g/mol. The van der Waals surface area contributed by atoms with Crippen molar-refractivity contribution in [3.8, 4) is 0 Å². The molecular formula is C24H28FNO3S. The SMILES string of the molecule is Cc1ccc(C(=O)CCC(=O)CCC(=O)NCC2(c3ccc(F)cc3)CCCC2)s1. The van der Waals surface area contributed by atoms with Gasteiger partial charge in [-0.2, -0.15) is 0 Å². The zero-order chi connectivity index (χ0) is 21.6. The van der Waals surface area contributed by atoms with Crippen molar-refractivity contribution in [2.45, 2.75) is 63.7 Å². The Morgan fingerprint density at radius 2 is 1.63 bits per heavy atom. The highest BCUT2D eigenvalue weighted by Gasteiger charge is 2.35. The van der Waals surface area contributed by atoms with E-state index in [1.54, 1.807) is 6.07 Å². The number of nitrogens with one attached hydrogen (secondary N) is 1. The number of carbonyl (C=O) groups excluding carboxylic acids is 3. The highest BCUT2D eigenvalue weighted by Crippen LogP contribution is 2.40. The highest BCUT2D eigenvalue weighted by atomic mass is 32.1. The summed E-state index contributed by atoms with van der Waals surface area (Å²) in [4.78, 5) is 38.3. The van der Waals surface area contributed by atoms with Crippen LogP contribution in [0.1, 0.15) is 71.5 Å². The molecule has 0 spiro atoms. The Kier molecular flexibility index (Phi) is 7.53. The third-order valence-corrected chi connectivity index (χ3v) is 6.96. The van der Waals surface area contributed by atoms with Crippen LogP contribution in [0.15, 0.2) is 36.4 Å². The molecular weight excluding hydrogens is 401 g/mol. The maximum absolute atomic E-state index is 13.3. The summed E-state index contributed by atoms with van der Waals surface area (Å²) in [5.74, 6) is -0.506. The molecule has 1 amide bonds. The van der Waals surface area contributed by atoms with E-state index in [9.17, 15) is 18.8 Å². The van der Waals surface area contributed by atoms with Crippen LogP contribution in [0.25, 0.3) is 0 Å². The molecule has 2 aromatic rings. The number of halogens is 1. The molecule has 1 heterocycles. The minimum absolute atomic E-state index is 0.0200. The lowest BCUT2D eigenvalue weighted by Crippen LogP contribution is -2.39. The van der Waals surface area contributed by atoms with Gasteiger partial charge in [-0.3, -0.25) is 14.4 Å². The molecule has 0 atom stereocenters. The summed E-state index contributed by atoms with van der Waals surface area (Å²) in [6, 6.07) is 10.2. The summed E-state index contributed by atoms with van der Waals surface area (Å²) in [6.45, 7) is 2.44. The van der Waals surface area contributed by atoms with Crippen molar-refractivity contribution in [2.24, 2.45) is 0 Å². The molecule has 6 heteroatoms. The normalized spacial score (nSPS) is 15.1. The van der Waals surface area contributed by atoms with Crippen LogP contribution in [0.5, 0.6) is 0 Å². The van der Waals surface area contributed by atoms with Crippen molar-refractivity contribution in [1.29, 1.82) is 0 Å². The average Bonchev–Trinajstić information content (AvgIpc) is 3.39. The number of hydrogen-bond acceptors (Lipinski definition) is 4. The van der Waals surface area contributed by atoms with E-state index in [1.807, 2.05) is 25.1 Å². The van der Waals surface area contributed by atoms with Gasteiger partial charge in [0.2, 0.25) is 5.91 Å². The van der Waals surface area contributed by atoms with Crippen LogP contribution in [0.4, 0.5) is 4.39 Å². The smallest absolute Gasteiger partial charge is 0.220 e. The van der Waals surface area contributed by atoms with Gasteiger partial charge in [0.15, 0.2) is 5.78 Å². The topological polar surface area (TPSA) is 63.2 Å². The van der Waals surface area contributed by atoms with Gasteiger partial charge in [0.1, 0.15) is 11.6 Å². The Bertz CT molecular complexity index is 897. The van der Waals surface area contributed by atoms with E-state index in [1.165, 1.54) is 23.5 Å². The summed E-state index contributed by atoms with van der Waals surface area (Å²) >= 11 is 1.44. The standard InChI is InChI=1S/C24H28FNO3S/c1-17-4-12-22(30-17)21(28)11-9-20(27)10-13-23(29)26-16-24(14-2-3-15-24)18-5-7-19(25)8-6-18/h4-8,12H,2-3,9-11,13-16H2,1H3,(H,26,29). The van der Waals surface area contributed by atoms with Crippen LogP contribution in [0.3, 0.4) is 0 Å². The Labute approximate surface area is 180 Å². The second kappa shape index (κ2) is 10.1. The number of Topliss-reactive ketones (excluding diaryl/α,β-unsaturated/α-hetero) is 2. The third-order valence-electron chi connectivity index (χ3n) is 5.92. The molecule has 30 heavy (non-hydrogen) atoms. The van der Waals surface area contributed by atoms with Gasteiger partial charge in [0.25, 0.3) is 0 Å². The molecule has 1 aromatic carbocycles. The van der Waals surface area contributed by atoms with E-state index in [0.717, 1.165) is 36.1 Å². The van der Waals surface area contributed by atoms with Crippen molar-refractivity contribution in [2.75, 3.05) is 6.54 Å². The first-order valence-electron chi connectivity index (χ1n) is 10.5. The molecule has 160 valence electrons. The second-order valence-electron chi connectivity index (χ2n) is 8.14. The van der Waals surface area contributed by atoms with Crippen molar-refractivity contribution >= 4 is 28.8 Å². The minimum Gasteiger partial charge on any atom is -0.355 e. The van der Waals surface area contributed by atoms with E-state index in [0.29, 0.717) is 11.4 Å².